The van der Waals surface area contributed by atoms with Crippen LogP contribution in [0.3, 0.4) is 0 Å². The Bertz CT molecular complexity index is 293. The van der Waals surface area contributed by atoms with E-state index in [2.05, 4.69) is 44.8 Å². The molecule has 1 saturated heterocycles. The van der Waals surface area contributed by atoms with Crippen LogP contribution in [0.2, 0.25) is 0 Å². The summed E-state index contributed by atoms with van der Waals surface area (Å²) in [4.78, 5) is 2.83. The Morgan fingerprint density at radius 3 is 2.30 bits per heavy atom. The second-order valence-corrected chi connectivity index (χ2v) is 8.80. The Labute approximate surface area is 126 Å². The monoisotopic (exact) mass is 280 g/mol. The minimum absolute atomic E-state index is 0.511. The Balaban J connectivity index is 2.01. The van der Waals surface area contributed by atoms with E-state index in [0.29, 0.717) is 10.8 Å². The van der Waals surface area contributed by atoms with E-state index in [4.69, 9.17) is 0 Å². The average Bonchev–Trinajstić information content (AvgIpc) is 2.24. The summed E-state index contributed by atoms with van der Waals surface area (Å²) in [5, 5.41) is 3.70. The first-order valence-corrected chi connectivity index (χ1v) is 8.79. The molecule has 1 aliphatic carbocycles. The minimum Gasteiger partial charge on any atom is -0.314 e. The highest BCUT2D eigenvalue weighted by Gasteiger charge is 2.40. The van der Waals surface area contributed by atoms with E-state index in [1.165, 1.54) is 58.2 Å². The van der Waals surface area contributed by atoms with Gasteiger partial charge in [0.2, 0.25) is 0 Å². The molecule has 1 aliphatic heterocycles. The number of nitrogens with zero attached hydrogens (tertiary/aromatic N) is 1. The van der Waals surface area contributed by atoms with Crippen LogP contribution in [-0.2, 0) is 0 Å². The van der Waals surface area contributed by atoms with Crippen molar-refractivity contribution < 1.29 is 0 Å². The second kappa shape index (κ2) is 6.36. The van der Waals surface area contributed by atoms with Gasteiger partial charge in [0.25, 0.3) is 0 Å². The lowest BCUT2D eigenvalue weighted by Gasteiger charge is -2.49. The molecule has 0 aromatic heterocycles. The fourth-order valence-electron chi connectivity index (χ4n) is 4.88. The van der Waals surface area contributed by atoms with Crippen molar-refractivity contribution in [2.45, 2.75) is 85.2 Å². The van der Waals surface area contributed by atoms with Crippen molar-refractivity contribution in [3.63, 3.8) is 0 Å². The van der Waals surface area contributed by atoms with Gasteiger partial charge >= 0.3 is 0 Å². The molecule has 0 aromatic rings. The van der Waals surface area contributed by atoms with E-state index in [0.717, 1.165) is 12.1 Å². The maximum Gasteiger partial charge on any atom is 0.0105 e. The Morgan fingerprint density at radius 1 is 1.05 bits per heavy atom. The van der Waals surface area contributed by atoms with Gasteiger partial charge in [-0.15, -0.1) is 0 Å². The second-order valence-electron chi connectivity index (χ2n) is 8.80. The standard InChI is InChI=1S/C18H36N2/c1-6-15-8-11-20(10-7-9-19-15)16-12-17(2,3)14-18(4,5)13-16/h15-16,19H,6-14H2,1-5H3. The lowest BCUT2D eigenvalue weighted by Crippen LogP contribution is -2.49. The maximum absolute atomic E-state index is 3.70. The summed E-state index contributed by atoms with van der Waals surface area (Å²) in [5.74, 6) is 0. The molecule has 1 N–H and O–H groups in total. The van der Waals surface area contributed by atoms with Crippen molar-refractivity contribution in [2.75, 3.05) is 19.6 Å². The molecule has 2 rings (SSSR count). The summed E-state index contributed by atoms with van der Waals surface area (Å²) < 4.78 is 0. The van der Waals surface area contributed by atoms with Crippen LogP contribution in [0.1, 0.15) is 73.1 Å². The third kappa shape index (κ3) is 4.46. The first-order chi connectivity index (χ1) is 9.31. The van der Waals surface area contributed by atoms with Gasteiger partial charge in [-0.2, -0.15) is 0 Å². The zero-order chi connectivity index (χ0) is 14.8. The van der Waals surface area contributed by atoms with E-state index in [9.17, 15) is 0 Å². The summed E-state index contributed by atoms with van der Waals surface area (Å²) in [6.45, 7) is 16.0. The van der Waals surface area contributed by atoms with E-state index >= 15 is 0 Å². The molecular weight excluding hydrogens is 244 g/mol. The third-order valence-corrected chi connectivity index (χ3v) is 5.36. The van der Waals surface area contributed by atoms with Crippen molar-refractivity contribution in [2.24, 2.45) is 10.8 Å². The highest BCUT2D eigenvalue weighted by Crippen LogP contribution is 2.47. The van der Waals surface area contributed by atoms with Gasteiger partial charge in [-0.25, -0.2) is 0 Å². The molecule has 0 radical (unpaired) electrons. The smallest absolute Gasteiger partial charge is 0.0105 e. The molecule has 0 amide bonds. The molecule has 2 nitrogen and oxygen atoms in total. The van der Waals surface area contributed by atoms with Gasteiger partial charge in [0, 0.05) is 12.1 Å². The topological polar surface area (TPSA) is 15.3 Å². The lowest BCUT2D eigenvalue weighted by atomic mass is 9.63. The molecule has 20 heavy (non-hydrogen) atoms. The fourth-order valence-corrected chi connectivity index (χ4v) is 4.88. The predicted octanol–water partition coefficient (Wildman–Crippen LogP) is 4.06. The largest absolute Gasteiger partial charge is 0.314 e. The zero-order valence-electron chi connectivity index (χ0n) is 14.5. The SMILES string of the molecule is CCC1CCN(C2CC(C)(C)CC(C)(C)C2)CCCN1. The highest BCUT2D eigenvalue weighted by molar-refractivity contribution is 4.93. The van der Waals surface area contributed by atoms with E-state index in [1.807, 2.05) is 0 Å². The van der Waals surface area contributed by atoms with E-state index < -0.39 is 0 Å². The molecule has 1 heterocycles. The molecule has 1 atom stereocenters. The van der Waals surface area contributed by atoms with Crippen molar-refractivity contribution in [3.05, 3.63) is 0 Å². The Morgan fingerprint density at radius 2 is 1.70 bits per heavy atom. The van der Waals surface area contributed by atoms with Gasteiger partial charge in [-0.05, 0) is 69.0 Å². The van der Waals surface area contributed by atoms with Crippen LogP contribution in [0.15, 0.2) is 0 Å². The lowest BCUT2D eigenvalue weighted by molar-refractivity contribution is 0.0200. The van der Waals surface area contributed by atoms with Gasteiger partial charge in [0.1, 0.15) is 0 Å². The predicted molar refractivity (Wildman–Crippen MR) is 88.1 cm³/mol. The van der Waals surface area contributed by atoms with Gasteiger partial charge in [-0.1, -0.05) is 34.6 Å². The van der Waals surface area contributed by atoms with Crippen LogP contribution in [-0.4, -0.2) is 36.6 Å². The van der Waals surface area contributed by atoms with Crippen LogP contribution >= 0.6 is 0 Å². The van der Waals surface area contributed by atoms with Gasteiger partial charge < -0.3 is 10.2 Å². The van der Waals surface area contributed by atoms with Crippen LogP contribution in [0.25, 0.3) is 0 Å². The van der Waals surface area contributed by atoms with Crippen molar-refractivity contribution in [1.29, 1.82) is 0 Å². The van der Waals surface area contributed by atoms with Crippen LogP contribution in [0, 0.1) is 10.8 Å². The maximum atomic E-state index is 3.70. The highest BCUT2D eigenvalue weighted by atomic mass is 15.2. The quantitative estimate of drug-likeness (QED) is 0.821. The summed E-state index contributed by atoms with van der Waals surface area (Å²) in [6, 6.07) is 1.55. The number of hydrogen-bond acceptors (Lipinski definition) is 2. The van der Waals surface area contributed by atoms with Crippen molar-refractivity contribution in [1.82, 2.24) is 10.2 Å². The van der Waals surface area contributed by atoms with Gasteiger partial charge in [0.15, 0.2) is 0 Å². The normalized spacial score (nSPS) is 32.5. The first kappa shape index (κ1) is 16.3. The summed E-state index contributed by atoms with van der Waals surface area (Å²) in [6.07, 6.45) is 8.07. The Kier molecular flexibility index (Phi) is 5.18. The molecule has 2 fully saturated rings. The molecule has 2 heteroatoms. The molecule has 0 bridgehead atoms. The van der Waals surface area contributed by atoms with Crippen LogP contribution in [0.4, 0.5) is 0 Å². The third-order valence-electron chi connectivity index (χ3n) is 5.36. The number of hydrogen-bond donors (Lipinski definition) is 1. The summed E-state index contributed by atoms with van der Waals surface area (Å²) in [7, 11) is 0. The fraction of sp³-hybridized carbons (Fsp3) is 1.00. The Hall–Kier alpha value is -0.0800. The van der Waals surface area contributed by atoms with Crippen LogP contribution < -0.4 is 5.32 Å². The molecule has 0 aromatic carbocycles. The molecule has 2 aliphatic rings. The molecule has 118 valence electrons. The molecule has 0 spiro atoms. The summed E-state index contributed by atoms with van der Waals surface area (Å²) in [5.41, 5.74) is 1.02. The van der Waals surface area contributed by atoms with Crippen LogP contribution in [0.5, 0.6) is 0 Å². The van der Waals surface area contributed by atoms with E-state index in [-0.39, 0.29) is 0 Å². The van der Waals surface area contributed by atoms with Gasteiger partial charge in [0.05, 0.1) is 0 Å². The first-order valence-electron chi connectivity index (χ1n) is 8.79. The zero-order valence-corrected chi connectivity index (χ0v) is 14.5. The average molecular weight is 280 g/mol. The summed E-state index contributed by atoms with van der Waals surface area (Å²) >= 11 is 0. The van der Waals surface area contributed by atoms with Gasteiger partial charge in [-0.3, -0.25) is 0 Å². The molecule has 1 saturated carbocycles. The van der Waals surface area contributed by atoms with Crippen molar-refractivity contribution >= 4 is 0 Å². The number of nitrogens with one attached hydrogen (secondary N) is 1. The number of rotatable bonds is 2. The van der Waals surface area contributed by atoms with E-state index in [1.54, 1.807) is 0 Å². The minimum atomic E-state index is 0.511. The molecular formula is C18H36N2. The van der Waals surface area contributed by atoms with Crippen molar-refractivity contribution in [3.8, 4) is 0 Å². The molecule has 1 unspecified atom stereocenters.